The lowest BCUT2D eigenvalue weighted by Crippen LogP contribution is -2.23. The minimum absolute atomic E-state index is 0.0362. The van der Waals surface area contributed by atoms with E-state index in [9.17, 15) is 19.2 Å². The molecule has 1 aromatic carbocycles. The molecule has 7 nitrogen and oxygen atoms in total. The molecular formula is C20H19ClN2O5S. The smallest absolute Gasteiger partial charge is 0.306 e. The number of rotatable bonds is 8. The molecule has 29 heavy (non-hydrogen) atoms. The average Bonchev–Trinajstić information content (AvgIpc) is 3.25. The number of aryl methyl sites for hydroxylation is 1. The molecule has 0 aliphatic heterocycles. The van der Waals surface area contributed by atoms with Gasteiger partial charge in [-0.25, -0.2) is 0 Å². The molecule has 1 aliphatic carbocycles. The van der Waals surface area contributed by atoms with Gasteiger partial charge in [0.05, 0.1) is 12.0 Å². The maximum Gasteiger partial charge on any atom is 0.306 e. The monoisotopic (exact) mass is 434 g/mol. The first kappa shape index (κ1) is 21.0. The Morgan fingerprint density at radius 2 is 1.83 bits per heavy atom. The van der Waals surface area contributed by atoms with Gasteiger partial charge >= 0.3 is 5.97 Å². The van der Waals surface area contributed by atoms with E-state index in [1.54, 1.807) is 24.3 Å². The van der Waals surface area contributed by atoms with E-state index in [1.165, 1.54) is 11.3 Å². The van der Waals surface area contributed by atoms with Crippen molar-refractivity contribution in [3.05, 3.63) is 50.9 Å². The molecule has 1 aliphatic rings. The predicted molar refractivity (Wildman–Crippen MR) is 109 cm³/mol. The molecule has 1 aromatic heterocycles. The zero-order valence-corrected chi connectivity index (χ0v) is 17.0. The van der Waals surface area contributed by atoms with E-state index in [-0.39, 0.29) is 18.6 Å². The fourth-order valence-electron chi connectivity index (χ4n) is 3.13. The molecule has 0 radical (unpaired) electrons. The summed E-state index contributed by atoms with van der Waals surface area (Å²) in [5.74, 6) is -2.03. The van der Waals surface area contributed by atoms with Crippen molar-refractivity contribution in [1.82, 2.24) is 0 Å². The van der Waals surface area contributed by atoms with Gasteiger partial charge in [0.15, 0.2) is 12.4 Å². The Morgan fingerprint density at radius 3 is 2.52 bits per heavy atom. The molecule has 0 bridgehead atoms. The van der Waals surface area contributed by atoms with Crippen LogP contribution in [0.25, 0.3) is 0 Å². The number of Topliss-reactive ketones (excluding diaryl/α,β-unsaturated/α-hetero) is 1. The third-order valence-electron chi connectivity index (χ3n) is 4.51. The van der Waals surface area contributed by atoms with E-state index >= 15 is 0 Å². The Morgan fingerprint density at radius 1 is 1.10 bits per heavy atom. The summed E-state index contributed by atoms with van der Waals surface area (Å²) in [5.41, 5.74) is 7.14. The molecule has 0 fully saturated rings. The van der Waals surface area contributed by atoms with Crippen LogP contribution in [-0.2, 0) is 27.2 Å². The van der Waals surface area contributed by atoms with Gasteiger partial charge in [-0.2, -0.15) is 0 Å². The SMILES string of the molecule is NC(=O)c1c(NC(=O)COC(=O)CCC(=O)c2ccc(Cl)cc2)sc2c1CCC2. The first-order valence-corrected chi connectivity index (χ1v) is 10.2. The second-order valence-electron chi connectivity index (χ2n) is 6.56. The van der Waals surface area contributed by atoms with E-state index in [4.69, 9.17) is 22.1 Å². The number of thiophene rings is 1. The third kappa shape index (κ3) is 5.21. The van der Waals surface area contributed by atoms with Crippen LogP contribution in [-0.4, -0.2) is 30.2 Å². The van der Waals surface area contributed by atoms with Gasteiger partial charge in [0.2, 0.25) is 0 Å². The number of nitrogens with two attached hydrogens (primary N) is 1. The van der Waals surface area contributed by atoms with E-state index in [1.807, 2.05) is 0 Å². The highest BCUT2D eigenvalue weighted by molar-refractivity contribution is 7.17. The number of hydrogen-bond acceptors (Lipinski definition) is 6. The number of esters is 1. The lowest BCUT2D eigenvalue weighted by molar-refractivity contribution is -0.147. The van der Waals surface area contributed by atoms with Crippen molar-refractivity contribution in [1.29, 1.82) is 0 Å². The number of carbonyl (C=O) groups is 4. The van der Waals surface area contributed by atoms with E-state index in [0.717, 1.165) is 29.7 Å². The Labute approximate surface area is 176 Å². The Hall–Kier alpha value is -2.71. The maximum atomic E-state index is 12.1. The number of carbonyl (C=O) groups excluding carboxylic acids is 4. The number of nitrogens with one attached hydrogen (secondary N) is 1. The summed E-state index contributed by atoms with van der Waals surface area (Å²) in [4.78, 5) is 48.7. The summed E-state index contributed by atoms with van der Waals surface area (Å²) in [6.45, 7) is -0.505. The number of primary amides is 1. The summed E-state index contributed by atoms with van der Waals surface area (Å²) in [7, 11) is 0. The summed E-state index contributed by atoms with van der Waals surface area (Å²) in [6.07, 6.45) is 2.39. The first-order valence-electron chi connectivity index (χ1n) is 9.03. The topological polar surface area (TPSA) is 116 Å². The van der Waals surface area contributed by atoms with Crippen LogP contribution < -0.4 is 11.1 Å². The zero-order valence-electron chi connectivity index (χ0n) is 15.5. The molecule has 0 atom stereocenters. The van der Waals surface area contributed by atoms with Gasteiger partial charge in [0.1, 0.15) is 5.00 Å². The van der Waals surface area contributed by atoms with Gasteiger partial charge in [0.25, 0.3) is 11.8 Å². The average molecular weight is 435 g/mol. The molecule has 3 rings (SSSR count). The van der Waals surface area contributed by atoms with E-state index in [0.29, 0.717) is 21.2 Å². The van der Waals surface area contributed by atoms with Crippen molar-refractivity contribution in [3.63, 3.8) is 0 Å². The fourth-order valence-corrected chi connectivity index (χ4v) is 4.57. The van der Waals surface area contributed by atoms with Crippen molar-refractivity contribution < 1.29 is 23.9 Å². The van der Waals surface area contributed by atoms with Crippen LogP contribution in [0, 0.1) is 0 Å². The van der Waals surface area contributed by atoms with Crippen LogP contribution in [0.1, 0.15) is 50.4 Å². The van der Waals surface area contributed by atoms with Gasteiger partial charge < -0.3 is 15.8 Å². The van der Waals surface area contributed by atoms with Crippen molar-refractivity contribution in [2.24, 2.45) is 5.73 Å². The highest BCUT2D eigenvalue weighted by atomic mass is 35.5. The van der Waals surface area contributed by atoms with Crippen LogP contribution in [0.2, 0.25) is 5.02 Å². The lowest BCUT2D eigenvalue weighted by atomic mass is 10.1. The van der Waals surface area contributed by atoms with Crippen LogP contribution in [0.15, 0.2) is 24.3 Å². The molecule has 0 spiro atoms. The normalized spacial score (nSPS) is 12.3. The second-order valence-corrected chi connectivity index (χ2v) is 8.11. The second kappa shape index (κ2) is 9.19. The highest BCUT2D eigenvalue weighted by Crippen LogP contribution is 2.38. The van der Waals surface area contributed by atoms with Crippen LogP contribution >= 0.6 is 22.9 Å². The number of amides is 2. The molecule has 0 unspecified atom stereocenters. The number of hydrogen-bond donors (Lipinski definition) is 2. The van der Waals surface area contributed by atoms with Gasteiger partial charge in [-0.15, -0.1) is 11.3 Å². The standard InChI is InChI=1S/C20H19ClN2O5S/c21-12-6-4-11(5-7-12)14(24)8-9-17(26)28-10-16(25)23-20-18(19(22)27)13-2-1-3-15(13)29-20/h4-7H,1-3,8-10H2,(H2,22,27)(H,23,25). The number of ketones is 1. The lowest BCUT2D eigenvalue weighted by Gasteiger charge is -2.07. The Kier molecular flexibility index (Phi) is 6.66. The zero-order chi connectivity index (χ0) is 21.0. The van der Waals surface area contributed by atoms with Gasteiger partial charge in [-0.1, -0.05) is 11.6 Å². The van der Waals surface area contributed by atoms with Crippen molar-refractivity contribution in [2.45, 2.75) is 32.1 Å². The molecule has 152 valence electrons. The van der Waals surface area contributed by atoms with E-state index < -0.39 is 24.4 Å². The number of benzene rings is 1. The molecule has 1 heterocycles. The quantitative estimate of drug-likeness (QED) is 0.489. The summed E-state index contributed by atoms with van der Waals surface area (Å²) >= 11 is 7.10. The molecule has 3 N–H and O–H groups in total. The molecular weight excluding hydrogens is 416 g/mol. The number of fused-ring (bicyclic) bond motifs is 1. The van der Waals surface area contributed by atoms with Gasteiger partial charge in [-0.05, 0) is 49.1 Å². The molecule has 2 aromatic rings. The minimum atomic E-state index is -0.661. The highest BCUT2D eigenvalue weighted by Gasteiger charge is 2.26. The van der Waals surface area contributed by atoms with Crippen LogP contribution in [0.3, 0.4) is 0 Å². The molecule has 2 amide bonds. The molecule has 9 heteroatoms. The summed E-state index contributed by atoms with van der Waals surface area (Å²) in [6, 6.07) is 6.35. The Bertz CT molecular complexity index is 968. The number of halogens is 1. The minimum Gasteiger partial charge on any atom is -0.456 e. The summed E-state index contributed by atoms with van der Waals surface area (Å²) < 4.78 is 4.92. The third-order valence-corrected chi connectivity index (χ3v) is 5.97. The Balaban J connectivity index is 1.47. The van der Waals surface area contributed by atoms with Gasteiger partial charge in [-0.3, -0.25) is 19.2 Å². The molecule has 0 saturated heterocycles. The maximum absolute atomic E-state index is 12.1. The van der Waals surface area contributed by atoms with Gasteiger partial charge in [0, 0.05) is 21.9 Å². The van der Waals surface area contributed by atoms with Crippen LogP contribution in [0.5, 0.6) is 0 Å². The van der Waals surface area contributed by atoms with E-state index in [2.05, 4.69) is 5.32 Å². The van der Waals surface area contributed by atoms with Crippen molar-refractivity contribution in [2.75, 3.05) is 11.9 Å². The predicted octanol–water partition coefficient (Wildman–Crippen LogP) is 3.13. The van der Waals surface area contributed by atoms with Crippen molar-refractivity contribution in [3.8, 4) is 0 Å². The fraction of sp³-hybridized carbons (Fsp3) is 0.300. The number of ether oxygens (including phenoxy) is 1. The molecule has 0 saturated carbocycles. The number of anilines is 1. The summed E-state index contributed by atoms with van der Waals surface area (Å²) in [5, 5.41) is 3.50. The van der Waals surface area contributed by atoms with Crippen molar-refractivity contribution >= 4 is 51.5 Å². The first-order chi connectivity index (χ1) is 13.8. The largest absolute Gasteiger partial charge is 0.456 e. The van der Waals surface area contributed by atoms with Crippen LogP contribution in [0.4, 0.5) is 5.00 Å².